The smallest absolute Gasteiger partial charge is 0.159 e. The van der Waals surface area contributed by atoms with Gasteiger partial charge in [0, 0.05) is 0 Å². The molecule has 0 spiro atoms. The molecule has 0 saturated carbocycles. The Labute approximate surface area is 110 Å². The molecule has 0 bridgehead atoms. The van der Waals surface area contributed by atoms with Crippen LogP contribution in [0.5, 0.6) is 5.75 Å². The standard InChI is InChI=1S/C15H15F2NO/c16-14-6-3-12(9-15(14)17)10-19-13-4-1-11(2-5-13)7-8-18/h1-6,9H,7-8,10,18H2. The Kier molecular flexibility index (Phi) is 4.47. The Morgan fingerprint density at radius 2 is 1.58 bits per heavy atom. The monoisotopic (exact) mass is 263 g/mol. The number of nitrogens with two attached hydrogens (primary N) is 1. The molecule has 2 nitrogen and oxygen atoms in total. The molecular weight excluding hydrogens is 248 g/mol. The lowest BCUT2D eigenvalue weighted by atomic mass is 10.1. The average molecular weight is 263 g/mol. The van der Waals surface area contributed by atoms with E-state index in [9.17, 15) is 8.78 Å². The van der Waals surface area contributed by atoms with E-state index in [0.29, 0.717) is 17.9 Å². The molecule has 0 aliphatic rings. The summed E-state index contributed by atoms with van der Waals surface area (Å²) in [7, 11) is 0. The lowest BCUT2D eigenvalue weighted by Crippen LogP contribution is -2.02. The van der Waals surface area contributed by atoms with Crippen LogP contribution < -0.4 is 10.5 Å². The molecule has 0 aromatic heterocycles. The van der Waals surface area contributed by atoms with Gasteiger partial charge in [-0.25, -0.2) is 8.78 Å². The van der Waals surface area contributed by atoms with E-state index in [0.717, 1.165) is 24.1 Å². The Morgan fingerprint density at radius 1 is 0.895 bits per heavy atom. The van der Waals surface area contributed by atoms with Crippen LogP contribution in [0.15, 0.2) is 42.5 Å². The van der Waals surface area contributed by atoms with Crippen molar-refractivity contribution >= 4 is 0 Å². The van der Waals surface area contributed by atoms with Gasteiger partial charge < -0.3 is 10.5 Å². The third kappa shape index (κ3) is 3.76. The summed E-state index contributed by atoms with van der Waals surface area (Å²) in [5, 5.41) is 0. The summed E-state index contributed by atoms with van der Waals surface area (Å²) in [5.41, 5.74) is 7.19. The maximum atomic E-state index is 13.0. The first-order valence-electron chi connectivity index (χ1n) is 6.05. The van der Waals surface area contributed by atoms with Crippen LogP contribution in [0.2, 0.25) is 0 Å². The van der Waals surface area contributed by atoms with E-state index in [1.165, 1.54) is 6.07 Å². The fourth-order valence-corrected chi connectivity index (χ4v) is 1.72. The molecule has 0 aliphatic heterocycles. The molecule has 0 atom stereocenters. The Morgan fingerprint density at radius 3 is 2.21 bits per heavy atom. The minimum absolute atomic E-state index is 0.202. The van der Waals surface area contributed by atoms with Crippen molar-refractivity contribution in [2.75, 3.05) is 6.54 Å². The topological polar surface area (TPSA) is 35.2 Å². The highest BCUT2D eigenvalue weighted by Crippen LogP contribution is 2.15. The summed E-state index contributed by atoms with van der Waals surface area (Å²) in [6.45, 7) is 0.808. The van der Waals surface area contributed by atoms with Gasteiger partial charge in [-0.15, -0.1) is 0 Å². The van der Waals surface area contributed by atoms with Crippen molar-refractivity contribution in [3.05, 3.63) is 65.2 Å². The van der Waals surface area contributed by atoms with Gasteiger partial charge in [0.1, 0.15) is 12.4 Å². The maximum Gasteiger partial charge on any atom is 0.159 e. The Bertz CT molecular complexity index is 540. The van der Waals surface area contributed by atoms with E-state index >= 15 is 0 Å². The van der Waals surface area contributed by atoms with Gasteiger partial charge in [-0.1, -0.05) is 18.2 Å². The second kappa shape index (κ2) is 6.29. The van der Waals surface area contributed by atoms with Gasteiger partial charge in [-0.05, 0) is 48.4 Å². The zero-order valence-electron chi connectivity index (χ0n) is 10.4. The Balaban J connectivity index is 1.96. The molecule has 0 saturated heterocycles. The van der Waals surface area contributed by atoms with Crippen LogP contribution >= 0.6 is 0 Å². The number of halogens is 2. The van der Waals surface area contributed by atoms with Gasteiger partial charge in [0.05, 0.1) is 0 Å². The zero-order valence-corrected chi connectivity index (χ0v) is 10.4. The number of hydrogen-bond donors (Lipinski definition) is 1. The van der Waals surface area contributed by atoms with Gasteiger partial charge >= 0.3 is 0 Å². The highest BCUT2D eigenvalue weighted by molar-refractivity contribution is 5.28. The predicted molar refractivity (Wildman–Crippen MR) is 69.9 cm³/mol. The largest absolute Gasteiger partial charge is 0.489 e. The van der Waals surface area contributed by atoms with Crippen LogP contribution in [0.3, 0.4) is 0 Å². The van der Waals surface area contributed by atoms with E-state index in [2.05, 4.69) is 0 Å². The molecule has 2 N–H and O–H groups in total. The summed E-state index contributed by atoms with van der Waals surface area (Å²) < 4.78 is 31.3. The fraction of sp³-hybridized carbons (Fsp3) is 0.200. The molecule has 0 amide bonds. The van der Waals surface area contributed by atoms with Crippen LogP contribution in [-0.2, 0) is 13.0 Å². The van der Waals surface area contributed by atoms with Gasteiger partial charge in [-0.3, -0.25) is 0 Å². The van der Waals surface area contributed by atoms with E-state index in [4.69, 9.17) is 10.5 Å². The number of rotatable bonds is 5. The molecule has 4 heteroatoms. The van der Waals surface area contributed by atoms with E-state index in [1.807, 2.05) is 24.3 Å². The van der Waals surface area contributed by atoms with Crippen LogP contribution in [0.4, 0.5) is 8.78 Å². The second-order valence-corrected chi connectivity index (χ2v) is 4.22. The molecule has 2 aromatic carbocycles. The van der Waals surface area contributed by atoms with Gasteiger partial charge in [-0.2, -0.15) is 0 Å². The second-order valence-electron chi connectivity index (χ2n) is 4.22. The van der Waals surface area contributed by atoms with Crippen LogP contribution in [0, 0.1) is 11.6 Å². The van der Waals surface area contributed by atoms with Crippen molar-refractivity contribution in [2.45, 2.75) is 13.0 Å². The van der Waals surface area contributed by atoms with E-state index < -0.39 is 11.6 Å². The summed E-state index contributed by atoms with van der Waals surface area (Å²) in [6.07, 6.45) is 0.823. The number of hydrogen-bond acceptors (Lipinski definition) is 2. The third-order valence-electron chi connectivity index (χ3n) is 2.75. The number of benzene rings is 2. The summed E-state index contributed by atoms with van der Waals surface area (Å²) in [5.74, 6) is -1.03. The summed E-state index contributed by atoms with van der Waals surface area (Å²) in [4.78, 5) is 0. The van der Waals surface area contributed by atoms with Crippen LogP contribution in [0.25, 0.3) is 0 Å². The quantitative estimate of drug-likeness (QED) is 0.899. The molecule has 0 radical (unpaired) electrons. The van der Waals surface area contributed by atoms with Crippen molar-refractivity contribution in [1.29, 1.82) is 0 Å². The zero-order chi connectivity index (χ0) is 13.7. The molecule has 19 heavy (non-hydrogen) atoms. The van der Waals surface area contributed by atoms with Crippen molar-refractivity contribution in [3.8, 4) is 5.75 Å². The highest BCUT2D eigenvalue weighted by Gasteiger charge is 2.03. The number of ether oxygens (including phenoxy) is 1. The van der Waals surface area contributed by atoms with Crippen molar-refractivity contribution in [1.82, 2.24) is 0 Å². The van der Waals surface area contributed by atoms with Crippen molar-refractivity contribution in [2.24, 2.45) is 5.73 Å². The average Bonchev–Trinajstić information content (AvgIpc) is 2.42. The molecule has 100 valence electrons. The molecular formula is C15H15F2NO. The molecule has 0 fully saturated rings. The van der Waals surface area contributed by atoms with Gasteiger partial charge in [0.25, 0.3) is 0 Å². The third-order valence-corrected chi connectivity index (χ3v) is 2.75. The van der Waals surface area contributed by atoms with Gasteiger partial charge in [0.2, 0.25) is 0 Å². The first kappa shape index (κ1) is 13.5. The minimum Gasteiger partial charge on any atom is -0.489 e. The minimum atomic E-state index is -0.862. The fourth-order valence-electron chi connectivity index (χ4n) is 1.72. The molecule has 0 aliphatic carbocycles. The lowest BCUT2D eigenvalue weighted by molar-refractivity contribution is 0.305. The molecule has 2 rings (SSSR count). The van der Waals surface area contributed by atoms with Crippen LogP contribution in [-0.4, -0.2) is 6.54 Å². The molecule has 0 heterocycles. The highest BCUT2D eigenvalue weighted by atomic mass is 19.2. The summed E-state index contributed by atoms with van der Waals surface area (Å²) >= 11 is 0. The van der Waals surface area contributed by atoms with E-state index in [-0.39, 0.29) is 6.61 Å². The molecule has 0 unspecified atom stereocenters. The first-order chi connectivity index (χ1) is 9.19. The SMILES string of the molecule is NCCc1ccc(OCc2ccc(F)c(F)c2)cc1. The van der Waals surface area contributed by atoms with Crippen molar-refractivity contribution in [3.63, 3.8) is 0 Å². The van der Waals surface area contributed by atoms with Gasteiger partial charge in [0.15, 0.2) is 11.6 Å². The van der Waals surface area contributed by atoms with Crippen LogP contribution in [0.1, 0.15) is 11.1 Å². The Hall–Kier alpha value is -1.94. The lowest BCUT2D eigenvalue weighted by Gasteiger charge is -2.07. The van der Waals surface area contributed by atoms with E-state index in [1.54, 1.807) is 0 Å². The maximum absolute atomic E-state index is 13.0. The summed E-state index contributed by atoms with van der Waals surface area (Å²) in [6, 6.07) is 11.3. The van der Waals surface area contributed by atoms with Crippen molar-refractivity contribution < 1.29 is 13.5 Å². The first-order valence-corrected chi connectivity index (χ1v) is 6.05. The molecule has 2 aromatic rings. The normalized spacial score (nSPS) is 10.5. The predicted octanol–water partition coefficient (Wildman–Crippen LogP) is 3.05.